The highest BCUT2D eigenvalue weighted by atomic mass is 16.5. The summed E-state index contributed by atoms with van der Waals surface area (Å²) in [4.78, 5) is 16.5. The van der Waals surface area contributed by atoms with Crippen LogP contribution in [-0.4, -0.2) is 22.1 Å². The summed E-state index contributed by atoms with van der Waals surface area (Å²) in [6, 6.07) is 12.9. The molecule has 0 spiro atoms. The third-order valence-corrected chi connectivity index (χ3v) is 3.26. The molecule has 0 saturated carbocycles. The Labute approximate surface area is 122 Å². The molecule has 21 heavy (non-hydrogen) atoms. The van der Waals surface area contributed by atoms with E-state index >= 15 is 0 Å². The first-order valence-corrected chi connectivity index (χ1v) is 6.70. The van der Waals surface area contributed by atoms with E-state index in [1.54, 1.807) is 31.5 Å². The molecule has 2 aromatic carbocycles. The molecule has 1 aromatic heterocycles. The second-order valence-electron chi connectivity index (χ2n) is 4.57. The molecule has 1 heterocycles. The molecular weight excluding hydrogens is 266 g/mol. The number of imidazole rings is 1. The summed E-state index contributed by atoms with van der Waals surface area (Å²) < 4.78 is 6.92. The molecule has 0 atom stereocenters. The Morgan fingerprint density at radius 2 is 2.05 bits per heavy atom. The summed E-state index contributed by atoms with van der Waals surface area (Å²) in [5.74, 6) is -0.391. The molecule has 2 N–H and O–H groups in total. The number of nitrogens with zero attached hydrogens (tertiary/aromatic N) is 2. The highest BCUT2D eigenvalue weighted by Gasteiger charge is 2.17. The lowest BCUT2D eigenvalue weighted by Gasteiger charge is -2.13. The number of hydrogen-bond acceptors (Lipinski definition) is 4. The number of hydrogen-bond donors (Lipinski definition) is 1. The van der Waals surface area contributed by atoms with Crippen molar-refractivity contribution in [2.45, 2.75) is 6.92 Å². The first kappa shape index (κ1) is 13.2. The SMILES string of the molecule is CCOC(=O)c1cccc(N)c1-n1cnc2ccccc21. The Balaban J connectivity index is 2.24. The number of nitrogen functional groups attached to an aromatic ring is 1. The second-order valence-corrected chi connectivity index (χ2v) is 4.57. The van der Waals surface area contributed by atoms with E-state index in [0.717, 1.165) is 11.0 Å². The fraction of sp³-hybridized carbons (Fsp3) is 0.125. The molecule has 0 fully saturated rings. The van der Waals surface area contributed by atoms with E-state index in [0.29, 0.717) is 23.5 Å². The normalized spacial score (nSPS) is 10.7. The zero-order chi connectivity index (χ0) is 14.8. The Kier molecular flexibility index (Phi) is 3.31. The van der Waals surface area contributed by atoms with Crippen LogP contribution in [0.5, 0.6) is 0 Å². The number of carbonyl (C=O) groups excluding carboxylic acids is 1. The first-order valence-electron chi connectivity index (χ1n) is 6.70. The number of rotatable bonds is 3. The highest BCUT2D eigenvalue weighted by Crippen LogP contribution is 2.26. The fourth-order valence-corrected chi connectivity index (χ4v) is 2.34. The number of ether oxygens (including phenoxy) is 1. The molecule has 0 aliphatic heterocycles. The van der Waals surface area contributed by atoms with Crippen molar-refractivity contribution in [3.63, 3.8) is 0 Å². The summed E-state index contributed by atoms with van der Waals surface area (Å²) in [6.45, 7) is 2.09. The number of carbonyl (C=O) groups is 1. The van der Waals surface area contributed by atoms with Crippen LogP contribution in [0.3, 0.4) is 0 Å². The van der Waals surface area contributed by atoms with Gasteiger partial charge in [-0.1, -0.05) is 18.2 Å². The minimum Gasteiger partial charge on any atom is -0.462 e. The van der Waals surface area contributed by atoms with Gasteiger partial charge < -0.3 is 10.5 Å². The van der Waals surface area contributed by atoms with Crippen molar-refractivity contribution < 1.29 is 9.53 Å². The van der Waals surface area contributed by atoms with Gasteiger partial charge in [-0.3, -0.25) is 4.57 Å². The molecule has 0 bridgehead atoms. The summed E-state index contributed by atoms with van der Waals surface area (Å²) >= 11 is 0. The topological polar surface area (TPSA) is 70.1 Å². The van der Waals surface area contributed by atoms with E-state index in [9.17, 15) is 4.79 Å². The smallest absolute Gasteiger partial charge is 0.340 e. The van der Waals surface area contributed by atoms with Gasteiger partial charge in [-0.15, -0.1) is 0 Å². The molecule has 5 heteroatoms. The Morgan fingerprint density at radius 1 is 1.24 bits per heavy atom. The van der Waals surface area contributed by atoms with Gasteiger partial charge in [0.15, 0.2) is 0 Å². The van der Waals surface area contributed by atoms with E-state index in [-0.39, 0.29) is 0 Å². The van der Waals surface area contributed by atoms with Crippen LogP contribution in [0.15, 0.2) is 48.8 Å². The molecule has 106 valence electrons. The van der Waals surface area contributed by atoms with E-state index in [2.05, 4.69) is 4.98 Å². The number of benzene rings is 2. The van der Waals surface area contributed by atoms with E-state index < -0.39 is 5.97 Å². The number of aromatic nitrogens is 2. The van der Waals surface area contributed by atoms with Gasteiger partial charge in [0.2, 0.25) is 0 Å². The number of anilines is 1. The lowest BCUT2D eigenvalue weighted by atomic mass is 10.1. The van der Waals surface area contributed by atoms with Crippen molar-refractivity contribution in [1.29, 1.82) is 0 Å². The summed E-state index contributed by atoms with van der Waals surface area (Å²) in [5.41, 5.74) is 9.35. The Morgan fingerprint density at radius 3 is 2.86 bits per heavy atom. The van der Waals surface area contributed by atoms with Crippen LogP contribution in [0.1, 0.15) is 17.3 Å². The van der Waals surface area contributed by atoms with Crippen LogP contribution >= 0.6 is 0 Å². The number of esters is 1. The Hall–Kier alpha value is -2.82. The largest absolute Gasteiger partial charge is 0.462 e. The van der Waals surface area contributed by atoms with Crippen LogP contribution in [0, 0.1) is 0 Å². The number of para-hydroxylation sites is 3. The number of nitrogens with two attached hydrogens (primary N) is 1. The quantitative estimate of drug-likeness (QED) is 0.592. The molecule has 0 unspecified atom stereocenters. The van der Waals surface area contributed by atoms with Gasteiger partial charge in [0.05, 0.1) is 34.6 Å². The maximum absolute atomic E-state index is 12.1. The maximum atomic E-state index is 12.1. The summed E-state index contributed by atoms with van der Waals surface area (Å²) in [6.07, 6.45) is 1.67. The van der Waals surface area contributed by atoms with Gasteiger partial charge in [-0.05, 0) is 31.2 Å². The third-order valence-electron chi connectivity index (χ3n) is 3.26. The molecule has 0 saturated heterocycles. The molecule has 0 amide bonds. The lowest BCUT2D eigenvalue weighted by molar-refractivity contribution is 0.0526. The van der Waals surface area contributed by atoms with Crippen molar-refractivity contribution in [2.24, 2.45) is 0 Å². The highest BCUT2D eigenvalue weighted by molar-refractivity contribution is 5.97. The van der Waals surface area contributed by atoms with Gasteiger partial charge in [0, 0.05) is 0 Å². The summed E-state index contributed by atoms with van der Waals surface area (Å²) in [5, 5.41) is 0. The van der Waals surface area contributed by atoms with E-state index in [1.165, 1.54) is 0 Å². The van der Waals surface area contributed by atoms with Crippen molar-refractivity contribution in [2.75, 3.05) is 12.3 Å². The van der Waals surface area contributed by atoms with Crippen molar-refractivity contribution >= 4 is 22.7 Å². The molecule has 0 aliphatic carbocycles. The average Bonchev–Trinajstić information content (AvgIpc) is 2.91. The zero-order valence-electron chi connectivity index (χ0n) is 11.6. The van der Waals surface area contributed by atoms with Crippen LogP contribution in [0.2, 0.25) is 0 Å². The zero-order valence-corrected chi connectivity index (χ0v) is 11.6. The predicted octanol–water partition coefficient (Wildman–Crippen LogP) is 2.78. The van der Waals surface area contributed by atoms with E-state index in [1.807, 2.05) is 28.8 Å². The van der Waals surface area contributed by atoms with Crippen molar-refractivity contribution in [3.8, 4) is 5.69 Å². The van der Waals surface area contributed by atoms with Crippen molar-refractivity contribution in [1.82, 2.24) is 9.55 Å². The maximum Gasteiger partial charge on any atom is 0.340 e. The monoisotopic (exact) mass is 281 g/mol. The molecule has 3 aromatic rings. The third kappa shape index (κ3) is 2.23. The second kappa shape index (κ2) is 5.28. The molecule has 0 radical (unpaired) electrons. The molecule has 3 rings (SSSR count). The molecule has 0 aliphatic rings. The van der Waals surface area contributed by atoms with Gasteiger partial charge in [0.25, 0.3) is 0 Å². The average molecular weight is 281 g/mol. The Bertz CT molecular complexity index is 808. The van der Waals surface area contributed by atoms with Gasteiger partial charge in [-0.25, -0.2) is 9.78 Å². The fourth-order valence-electron chi connectivity index (χ4n) is 2.34. The molecule has 5 nitrogen and oxygen atoms in total. The minimum absolute atomic E-state index is 0.317. The standard InChI is InChI=1S/C16H15N3O2/c1-2-21-16(20)11-6-5-7-12(17)15(11)19-10-18-13-8-3-4-9-14(13)19/h3-10H,2,17H2,1H3. The number of fused-ring (bicyclic) bond motifs is 1. The molecular formula is C16H15N3O2. The van der Waals surface area contributed by atoms with Gasteiger partial charge in [0.1, 0.15) is 6.33 Å². The van der Waals surface area contributed by atoms with Crippen LogP contribution in [-0.2, 0) is 4.74 Å². The van der Waals surface area contributed by atoms with Crippen LogP contribution < -0.4 is 5.73 Å². The summed E-state index contributed by atoms with van der Waals surface area (Å²) in [7, 11) is 0. The first-order chi connectivity index (χ1) is 10.2. The van der Waals surface area contributed by atoms with Gasteiger partial charge in [-0.2, -0.15) is 0 Å². The van der Waals surface area contributed by atoms with Gasteiger partial charge >= 0.3 is 5.97 Å². The minimum atomic E-state index is -0.391. The van der Waals surface area contributed by atoms with Crippen LogP contribution in [0.25, 0.3) is 16.7 Å². The predicted molar refractivity (Wildman–Crippen MR) is 81.4 cm³/mol. The van der Waals surface area contributed by atoms with E-state index in [4.69, 9.17) is 10.5 Å². The van der Waals surface area contributed by atoms with Crippen LogP contribution in [0.4, 0.5) is 5.69 Å². The van der Waals surface area contributed by atoms with Crippen molar-refractivity contribution in [3.05, 3.63) is 54.4 Å². The lowest BCUT2D eigenvalue weighted by Crippen LogP contribution is -2.11.